The van der Waals surface area contributed by atoms with Crippen LogP contribution in [0.25, 0.3) is 0 Å². The van der Waals surface area contributed by atoms with E-state index in [2.05, 4.69) is 13.8 Å². The molecule has 0 aromatic rings. The van der Waals surface area contributed by atoms with Gasteiger partial charge in [0.25, 0.3) is 0 Å². The highest BCUT2D eigenvalue weighted by Gasteiger charge is 1.98. The molecule has 0 aliphatic carbocycles. The minimum atomic E-state index is 0.317. The van der Waals surface area contributed by atoms with Gasteiger partial charge in [-0.1, -0.05) is 20.3 Å². The van der Waals surface area contributed by atoms with E-state index in [1.54, 1.807) is 0 Å². The summed E-state index contributed by atoms with van der Waals surface area (Å²) in [6, 6.07) is 0. The fraction of sp³-hybridized carbons (Fsp3) is 1.00. The van der Waals surface area contributed by atoms with Crippen LogP contribution in [0.4, 0.5) is 0 Å². The van der Waals surface area contributed by atoms with Crippen molar-refractivity contribution < 1.29 is 9.47 Å². The zero-order valence-corrected chi connectivity index (χ0v) is 8.80. The third-order valence-electron chi connectivity index (χ3n) is 1.78. The summed E-state index contributed by atoms with van der Waals surface area (Å²) in [6.45, 7) is 10.7. The second-order valence-electron chi connectivity index (χ2n) is 3.51. The van der Waals surface area contributed by atoms with Crippen molar-refractivity contribution in [1.82, 2.24) is 0 Å². The summed E-state index contributed by atoms with van der Waals surface area (Å²) in [7, 11) is 0. The van der Waals surface area contributed by atoms with Crippen molar-refractivity contribution in [2.24, 2.45) is 5.92 Å². The molecule has 0 aromatic carbocycles. The molecular formula is C10H22O2. The fourth-order valence-electron chi connectivity index (χ4n) is 0.745. The molecule has 74 valence electrons. The Balaban J connectivity index is 3.00. The lowest BCUT2D eigenvalue weighted by Crippen LogP contribution is -2.12. The topological polar surface area (TPSA) is 18.5 Å². The summed E-state index contributed by atoms with van der Waals surface area (Å²) >= 11 is 0. The Hall–Kier alpha value is -0.0800. The van der Waals surface area contributed by atoms with Crippen molar-refractivity contribution in [2.75, 3.05) is 19.8 Å². The predicted molar refractivity (Wildman–Crippen MR) is 51.4 cm³/mol. The molecule has 1 unspecified atom stereocenters. The minimum Gasteiger partial charge on any atom is -0.379 e. The molecule has 0 saturated heterocycles. The second-order valence-corrected chi connectivity index (χ2v) is 3.51. The van der Waals surface area contributed by atoms with Crippen molar-refractivity contribution in [1.29, 1.82) is 0 Å². The van der Waals surface area contributed by atoms with Gasteiger partial charge in [-0.2, -0.15) is 0 Å². The SMILES string of the molecule is CCC(C)COCCOC(C)C. The van der Waals surface area contributed by atoms with Crippen molar-refractivity contribution >= 4 is 0 Å². The second kappa shape index (κ2) is 7.56. The minimum absolute atomic E-state index is 0.317. The van der Waals surface area contributed by atoms with Crippen LogP contribution in [0.3, 0.4) is 0 Å². The van der Waals surface area contributed by atoms with Gasteiger partial charge in [0.1, 0.15) is 0 Å². The Bertz CT molecular complexity index is 91.8. The van der Waals surface area contributed by atoms with Gasteiger partial charge in [0.2, 0.25) is 0 Å². The molecule has 0 saturated carbocycles. The molecule has 2 heteroatoms. The Morgan fingerprint density at radius 3 is 2.25 bits per heavy atom. The van der Waals surface area contributed by atoms with E-state index in [1.807, 2.05) is 13.8 Å². The molecule has 1 atom stereocenters. The molecule has 0 fully saturated rings. The third kappa shape index (κ3) is 8.02. The molecule has 0 radical (unpaired) electrons. The molecule has 0 aliphatic rings. The van der Waals surface area contributed by atoms with Crippen molar-refractivity contribution in [3.05, 3.63) is 0 Å². The van der Waals surface area contributed by atoms with E-state index in [4.69, 9.17) is 9.47 Å². The third-order valence-corrected chi connectivity index (χ3v) is 1.78. The summed E-state index contributed by atoms with van der Waals surface area (Å²) in [4.78, 5) is 0. The highest BCUT2D eigenvalue weighted by molar-refractivity contribution is 4.46. The maximum absolute atomic E-state index is 5.41. The van der Waals surface area contributed by atoms with Gasteiger partial charge in [-0.05, 0) is 19.8 Å². The van der Waals surface area contributed by atoms with Gasteiger partial charge in [0.05, 0.1) is 19.3 Å². The average molecular weight is 174 g/mol. The van der Waals surface area contributed by atoms with Gasteiger partial charge >= 0.3 is 0 Å². The fourth-order valence-corrected chi connectivity index (χ4v) is 0.745. The van der Waals surface area contributed by atoms with Gasteiger partial charge in [-0.15, -0.1) is 0 Å². The lowest BCUT2D eigenvalue weighted by Gasteiger charge is -2.10. The zero-order valence-electron chi connectivity index (χ0n) is 8.80. The average Bonchev–Trinajstić information content (AvgIpc) is 2.03. The molecule has 2 nitrogen and oxygen atoms in total. The normalized spacial score (nSPS) is 13.8. The largest absolute Gasteiger partial charge is 0.379 e. The Labute approximate surface area is 76.3 Å². The molecule has 0 bridgehead atoms. The van der Waals surface area contributed by atoms with Crippen LogP contribution < -0.4 is 0 Å². The lowest BCUT2D eigenvalue weighted by atomic mass is 10.1. The Morgan fingerprint density at radius 1 is 1.08 bits per heavy atom. The standard InChI is InChI=1S/C10H22O2/c1-5-10(4)8-11-6-7-12-9(2)3/h9-10H,5-8H2,1-4H3. The van der Waals surface area contributed by atoms with Crippen LogP contribution in [0, 0.1) is 5.92 Å². The quantitative estimate of drug-likeness (QED) is 0.552. The van der Waals surface area contributed by atoms with E-state index >= 15 is 0 Å². The molecule has 0 rings (SSSR count). The summed E-state index contributed by atoms with van der Waals surface area (Å²) in [5, 5.41) is 0. The molecular weight excluding hydrogens is 152 g/mol. The van der Waals surface area contributed by atoms with Gasteiger partial charge in [0.15, 0.2) is 0 Å². The smallest absolute Gasteiger partial charge is 0.0703 e. The van der Waals surface area contributed by atoms with Crippen molar-refractivity contribution in [2.45, 2.75) is 40.2 Å². The van der Waals surface area contributed by atoms with Gasteiger partial charge in [0, 0.05) is 6.61 Å². The van der Waals surface area contributed by atoms with Crippen LogP contribution in [0.5, 0.6) is 0 Å². The highest BCUT2D eigenvalue weighted by Crippen LogP contribution is 2.00. The van der Waals surface area contributed by atoms with Gasteiger partial charge in [-0.3, -0.25) is 0 Å². The first kappa shape index (κ1) is 11.9. The maximum atomic E-state index is 5.41. The van der Waals surface area contributed by atoms with E-state index < -0.39 is 0 Å². The van der Waals surface area contributed by atoms with E-state index in [1.165, 1.54) is 6.42 Å². The first-order chi connectivity index (χ1) is 5.66. The van der Waals surface area contributed by atoms with E-state index in [-0.39, 0.29) is 0 Å². The van der Waals surface area contributed by atoms with E-state index in [0.717, 1.165) is 13.2 Å². The number of ether oxygens (including phenoxy) is 2. The molecule has 0 N–H and O–H groups in total. The van der Waals surface area contributed by atoms with E-state index in [9.17, 15) is 0 Å². The number of hydrogen-bond donors (Lipinski definition) is 0. The number of rotatable bonds is 7. The molecule has 0 aliphatic heterocycles. The van der Waals surface area contributed by atoms with Crippen LogP contribution in [-0.4, -0.2) is 25.9 Å². The van der Waals surface area contributed by atoms with Crippen LogP contribution >= 0.6 is 0 Å². The Morgan fingerprint density at radius 2 is 1.75 bits per heavy atom. The first-order valence-electron chi connectivity index (χ1n) is 4.86. The summed E-state index contributed by atoms with van der Waals surface area (Å²) < 4.78 is 10.7. The Kier molecular flexibility index (Phi) is 7.51. The van der Waals surface area contributed by atoms with Crippen molar-refractivity contribution in [3.63, 3.8) is 0 Å². The lowest BCUT2D eigenvalue weighted by molar-refractivity contribution is 0.0111. The predicted octanol–water partition coefficient (Wildman–Crippen LogP) is 2.47. The van der Waals surface area contributed by atoms with Crippen LogP contribution in [0.15, 0.2) is 0 Å². The summed E-state index contributed by atoms with van der Waals surface area (Å²) in [5.41, 5.74) is 0. The number of hydrogen-bond acceptors (Lipinski definition) is 2. The monoisotopic (exact) mass is 174 g/mol. The highest BCUT2D eigenvalue weighted by atomic mass is 16.5. The van der Waals surface area contributed by atoms with Crippen LogP contribution in [-0.2, 0) is 9.47 Å². The van der Waals surface area contributed by atoms with Gasteiger partial charge < -0.3 is 9.47 Å². The van der Waals surface area contributed by atoms with Gasteiger partial charge in [-0.25, -0.2) is 0 Å². The first-order valence-corrected chi connectivity index (χ1v) is 4.86. The van der Waals surface area contributed by atoms with Crippen molar-refractivity contribution in [3.8, 4) is 0 Å². The maximum Gasteiger partial charge on any atom is 0.0703 e. The van der Waals surface area contributed by atoms with E-state index in [0.29, 0.717) is 18.6 Å². The molecule has 0 amide bonds. The molecule has 0 heterocycles. The van der Waals surface area contributed by atoms with Crippen LogP contribution in [0.2, 0.25) is 0 Å². The summed E-state index contributed by atoms with van der Waals surface area (Å²) in [5.74, 6) is 0.670. The molecule has 0 aromatic heterocycles. The zero-order chi connectivity index (χ0) is 9.40. The summed E-state index contributed by atoms with van der Waals surface area (Å²) in [6.07, 6.45) is 1.50. The molecule has 12 heavy (non-hydrogen) atoms. The van der Waals surface area contributed by atoms with Crippen LogP contribution in [0.1, 0.15) is 34.1 Å². The molecule has 0 spiro atoms.